The summed E-state index contributed by atoms with van der Waals surface area (Å²) >= 11 is 0. The van der Waals surface area contributed by atoms with Gasteiger partial charge in [0.25, 0.3) is 0 Å². The van der Waals surface area contributed by atoms with Crippen molar-refractivity contribution in [3.8, 4) is 0 Å². The van der Waals surface area contributed by atoms with Crippen LogP contribution in [0.2, 0.25) is 0 Å². The van der Waals surface area contributed by atoms with Gasteiger partial charge in [-0.25, -0.2) is 0 Å². The van der Waals surface area contributed by atoms with E-state index in [9.17, 15) is 0 Å². The summed E-state index contributed by atoms with van der Waals surface area (Å²) < 4.78 is 0. The second-order valence-corrected chi connectivity index (χ2v) is 7.85. The highest BCUT2D eigenvalue weighted by atomic mass is 15.1. The first kappa shape index (κ1) is 23.5. The lowest BCUT2D eigenvalue weighted by molar-refractivity contribution is 0.271. The minimum Gasteiger partial charge on any atom is -0.309 e. The van der Waals surface area contributed by atoms with Crippen LogP contribution in [0.5, 0.6) is 0 Å². The zero-order valence-corrected chi connectivity index (χ0v) is 19.0. The molecule has 0 fully saturated rings. The number of benzene rings is 4. The van der Waals surface area contributed by atoms with Crippen molar-refractivity contribution < 1.29 is 0 Å². The fourth-order valence-corrected chi connectivity index (χ4v) is 3.51. The minimum absolute atomic E-state index is 0.926. The average molecular weight is 423 g/mol. The van der Waals surface area contributed by atoms with Crippen LogP contribution in [0.1, 0.15) is 29.2 Å². The highest BCUT2D eigenvalue weighted by molar-refractivity contribution is 5.18. The van der Waals surface area contributed by atoms with Crippen LogP contribution in [-0.2, 0) is 26.2 Å². The smallest absolute Gasteiger partial charge is 0.0237 e. The summed E-state index contributed by atoms with van der Waals surface area (Å²) in [4.78, 5) is 2.45. The van der Waals surface area contributed by atoms with Gasteiger partial charge in [0, 0.05) is 26.2 Å². The van der Waals surface area contributed by atoms with E-state index in [1.54, 1.807) is 0 Å². The maximum Gasteiger partial charge on any atom is 0.0237 e. The Kier molecular flexibility index (Phi) is 10.2. The monoisotopic (exact) mass is 422 g/mol. The van der Waals surface area contributed by atoms with Gasteiger partial charge in [0.15, 0.2) is 0 Å². The zero-order valence-electron chi connectivity index (χ0n) is 19.0. The van der Waals surface area contributed by atoms with Crippen molar-refractivity contribution in [2.75, 3.05) is 6.54 Å². The molecule has 0 atom stereocenters. The molecule has 2 nitrogen and oxygen atoms in total. The van der Waals surface area contributed by atoms with E-state index in [0.29, 0.717) is 0 Å². The SMILES string of the molecule is CCN(Cc1ccccc1)Cc1ccccc1.c1ccc(CNCc2ccccc2)cc1. The molecule has 0 bridgehead atoms. The largest absolute Gasteiger partial charge is 0.309 e. The molecule has 0 heterocycles. The van der Waals surface area contributed by atoms with Crippen LogP contribution in [0, 0.1) is 0 Å². The highest BCUT2D eigenvalue weighted by Gasteiger charge is 2.04. The highest BCUT2D eigenvalue weighted by Crippen LogP contribution is 2.09. The van der Waals surface area contributed by atoms with E-state index in [4.69, 9.17) is 0 Å². The molecule has 0 spiro atoms. The quantitative estimate of drug-likeness (QED) is 0.323. The summed E-state index contributed by atoms with van der Waals surface area (Å²) in [6, 6.07) is 42.2. The van der Waals surface area contributed by atoms with E-state index in [1.165, 1.54) is 22.3 Å². The van der Waals surface area contributed by atoms with Crippen molar-refractivity contribution in [3.05, 3.63) is 144 Å². The van der Waals surface area contributed by atoms with Gasteiger partial charge < -0.3 is 5.32 Å². The maximum absolute atomic E-state index is 3.42. The summed E-state index contributed by atoms with van der Waals surface area (Å²) in [6.45, 7) is 7.18. The van der Waals surface area contributed by atoms with Gasteiger partial charge in [-0.1, -0.05) is 128 Å². The summed E-state index contributed by atoms with van der Waals surface area (Å²) in [5, 5.41) is 3.42. The molecule has 0 aromatic heterocycles. The Balaban J connectivity index is 0.000000182. The van der Waals surface area contributed by atoms with Gasteiger partial charge in [0.1, 0.15) is 0 Å². The number of rotatable bonds is 9. The predicted octanol–water partition coefficient (Wildman–Crippen LogP) is 6.69. The van der Waals surface area contributed by atoms with Crippen LogP contribution < -0.4 is 5.32 Å². The van der Waals surface area contributed by atoms with Crippen molar-refractivity contribution >= 4 is 0 Å². The minimum atomic E-state index is 0.926. The predicted molar refractivity (Wildman–Crippen MR) is 136 cm³/mol. The normalized spacial score (nSPS) is 10.4. The van der Waals surface area contributed by atoms with Crippen molar-refractivity contribution in [1.29, 1.82) is 0 Å². The van der Waals surface area contributed by atoms with Crippen LogP contribution in [0.15, 0.2) is 121 Å². The molecule has 0 aliphatic rings. The summed E-state index contributed by atoms with van der Waals surface area (Å²) in [5.41, 5.74) is 5.41. The van der Waals surface area contributed by atoms with Gasteiger partial charge in [0.05, 0.1) is 0 Å². The van der Waals surface area contributed by atoms with Crippen molar-refractivity contribution in [2.24, 2.45) is 0 Å². The van der Waals surface area contributed by atoms with Crippen molar-refractivity contribution in [1.82, 2.24) is 10.2 Å². The van der Waals surface area contributed by atoms with Crippen LogP contribution in [-0.4, -0.2) is 11.4 Å². The fraction of sp³-hybridized carbons (Fsp3) is 0.200. The molecule has 0 unspecified atom stereocenters. The number of hydrogen-bond donors (Lipinski definition) is 1. The lowest BCUT2D eigenvalue weighted by atomic mass is 10.2. The van der Waals surface area contributed by atoms with Crippen LogP contribution in [0.25, 0.3) is 0 Å². The van der Waals surface area contributed by atoms with E-state index in [0.717, 1.165) is 32.7 Å². The van der Waals surface area contributed by atoms with Crippen LogP contribution in [0.4, 0.5) is 0 Å². The molecule has 2 heteroatoms. The lowest BCUT2D eigenvalue weighted by Crippen LogP contribution is -2.22. The molecule has 0 saturated heterocycles. The molecule has 4 rings (SSSR count). The molecular weight excluding hydrogens is 388 g/mol. The third-order valence-electron chi connectivity index (χ3n) is 5.29. The van der Waals surface area contributed by atoms with E-state index >= 15 is 0 Å². The zero-order chi connectivity index (χ0) is 22.3. The number of nitrogens with one attached hydrogen (secondary N) is 1. The topological polar surface area (TPSA) is 15.3 Å². The summed E-state index contributed by atoms with van der Waals surface area (Å²) in [6.07, 6.45) is 0. The Morgan fingerprint density at radius 2 is 0.781 bits per heavy atom. The van der Waals surface area contributed by atoms with Gasteiger partial charge >= 0.3 is 0 Å². The molecule has 0 saturated carbocycles. The van der Waals surface area contributed by atoms with E-state index in [2.05, 4.69) is 126 Å². The standard InChI is InChI=1S/C16H19N.C14H15N/c1-2-17(13-15-9-5-3-6-10-15)14-16-11-7-4-8-12-16;1-3-7-13(8-4-1)11-15-12-14-9-5-2-6-10-14/h3-12H,2,13-14H2,1H3;1-10,15H,11-12H2. The molecule has 1 N–H and O–H groups in total. The Bertz CT molecular complexity index is 889. The molecule has 4 aromatic rings. The summed E-state index contributed by atoms with van der Waals surface area (Å²) in [7, 11) is 0. The van der Waals surface area contributed by atoms with E-state index in [1.807, 2.05) is 12.1 Å². The third kappa shape index (κ3) is 8.89. The molecule has 164 valence electrons. The molecule has 0 aliphatic heterocycles. The molecule has 0 radical (unpaired) electrons. The van der Waals surface area contributed by atoms with Gasteiger partial charge in [-0.3, -0.25) is 4.90 Å². The van der Waals surface area contributed by atoms with Crippen LogP contribution in [0.3, 0.4) is 0 Å². The van der Waals surface area contributed by atoms with Crippen molar-refractivity contribution in [2.45, 2.75) is 33.1 Å². The lowest BCUT2D eigenvalue weighted by Gasteiger charge is -2.20. The maximum atomic E-state index is 3.42. The molecule has 0 aliphatic carbocycles. The number of hydrogen-bond acceptors (Lipinski definition) is 2. The van der Waals surface area contributed by atoms with E-state index in [-0.39, 0.29) is 0 Å². The Morgan fingerprint density at radius 3 is 1.09 bits per heavy atom. The Hall–Kier alpha value is -3.20. The molecular formula is C30H34N2. The first-order chi connectivity index (χ1) is 15.8. The van der Waals surface area contributed by atoms with E-state index < -0.39 is 0 Å². The second-order valence-electron chi connectivity index (χ2n) is 7.85. The van der Waals surface area contributed by atoms with Gasteiger partial charge in [-0.05, 0) is 28.8 Å². The second kappa shape index (κ2) is 14.0. The van der Waals surface area contributed by atoms with Crippen molar-refractivity contribution in [3.63, 3.8) is 0 Å². The number of nitrogens with zero attached hydrogens (tertiary/aromatic N) is 1. The average Bonchev–Trinajstić information content (AvgIpc) is 2.87. The first-order valence-corrected chi connectivity index (χ1v) is 11.4. The third-order valence-corrected chi connectivity index (χ3v) is 5.29. The summed E-state index contributed by atoms with van der Waals surface area (Å²) in [5.74, 6) is 0. The van der Waals surface area contributed by atoms with Gasteiger partial charge in [-0.2, -0.15) is 0 Å². The first-order valence-electron chi connectivity index (χ1n) is 11.4. The Morgan fingerprint density at radius 1 is 0.469 bits per heavy atom. The fourth-order valence-electron chi connectivity index (χ4n) is 3.51. The van der Waals surface area contributed by atoms with Crippen LogP contribution >= 0.6 is 0 Å². The molecule has 0 amide bonds. The Labute approximate surface area is 193 Å². The molecule has 32 heavy (non-hydrogen) atoms. The van der Waals surface area contributed by atoms with Gasteiger partial charge in [-0.15, -0.1) is 0 Å². The van der Waals surface area contributed by atoms with Gasteiger partial charge in [0.2, 0.25) is 0 Å². The molecule has 4 aromatic carbocycles.